The summed E-state index contributed by atoms with van der Waals surface area (Å²) in [5.74, 6) is -0.537. The minimum Gasteiger partial charge on any atom is -0.496 e. The maximum Gasteiger partial charge on any atom is 0.268 e. The van der Waals surface area contributed by atoms with Crippen molar-refractivity contribution in [1.29, 1.82) is 0 Å². The fourth-order valence-electron chi connectivity index (χ4n) is 1.77. The number of carbonyl (C=O) groups excluding carboxylic acids is 2. The fraction of sp³-hybridized carbons (Fsp3) is 0.0667. The van der Waals surface area contributed by atoms with Crippen molar-refractivity contribution in [2.75, 3.05) is 7.11 Å². The number of para-hydroxylation sites is 1. The van der Waals surface area contributed by atoms with Gasteiger partial charge in [-0.3, -0.25) is 9.59 Å². The fourth-order valence-corrected chi connectivity index (χ4v) is 2.74. The largest absolute Gasteiger partial charge is 0.496 e. The van der Waals surface area contributed by atoms with Gasteiger partial charge in [-0.1, -0.05) is 12.1 Å². The zero-order chi connectivity index (χ0) is 16.2. The number of ether oxygens (including phenoxy) is 1. The first-order chi connectivity index (χ1) is 10.5. The van der Waals surface area contributed by atoms with E-state index in [1.165, 1.54) is 37.4 Å². The molecule has 113 valence electrons. The van der Waals surface area contributed by atoms with Gasteiger partial charge in [0.1, 0.15) is 5.75 Å². The quantitative estimate of drug-likeness (QED) is 0.897. The first-order valence-electron chi connectivity index (χ1n) is 6.16. The van der Waals surface area contributed by atoms with Gasteiger partial charge in [0.15, 0.2) is 0 Å². The Hall–Kier alpha value is -2.67. The smallest absolute Gasteiger partial charge is 0.268 e. The summed E-state index contributed by atoms with van der Waals surface area (Å²) in [7, 11) is -2.66. The normalized spacial score (nSPS) is 10.8. The summed E-state index contributed by atoms with van der Waals surface area (Å²) < 4.78 is 31.3. The van der Waals surface area contributed by atoms with Gasteiger partial charge in [-0.2, -0.15) is 0 Å². The third-order valence-electron chi connectivity index (χ3n) is 2.86. The van der Waals surface area contributed by atoms with Crippen molar-refractivity contribution in [2.45, 2.75) is 4.90 Å². The Morgan fingerprint density at radius 3 is 2.32 bits per heavy atom. The Balaban J connectivity index is 2.27. The highest BCUT2D eigenvalue weighted by Crippen LogP contribution is 2.18. The van der Waals surface area contributed by atoms with Gasteiger partial charge < -0.3 is 4.74 Å². The molecule has 2 aromatic rings. The third kappa shape index (κ3) is 3.32. The molecule has 2 rings (SSSR count). The summed E-state index contributed by atoms with van der Waals surface area (Å²) in [5.41, 5.74) is 0.321. The number of benzene rings is 2. The number of carbonyl (C=O) groups is 1. The van der Waals surface area contributed by atoms with E-state index in [9.17, 15) is 18.0 Å². The molecule has 0 atom stereocenters. The van der Waals surface area contributed by atoms with E-state index in [2.05, 4.69) is 0 Å². The summed E-state index contributed by atoms with van der Waals surface area (Å²) in [4.78, 5) is 22.4. The van der Waals surface area contributed by atoms with Crippen LogP contribution in [-0.2, 0) is 14.8 Å². The molecule has 7 heteroatoms. The lowest BCUT2D eigenvalue weighted by atomic mass is 10.2. The third-order valence-corrected chi connectivity index (χ3v) is 4.21. The van der Waals surface area contributed by atoms with E-state index in [4.69, 9.17) is 4.74 Å². The molecule has 0 saturated carbocycles. The van der Waals surface area contributed by atoms with Gasteiger partial charge in [0.05, 0.1) is 17.6 Å². The van der Waals surface area contributed by atoms with E-state index in [1.807, 2.05) is 4.72 Å². The Morgan fingerprint density at radius 2 is 1.73 bits per heavy atom. The second-order valence-electron chi connectivity index (χ2n) is 4.26. The van der Waals surface area contributed by atoms with E-state index in [0.29, 0.717) is 0 Å². The minimum atomic E-state index is -4.04. The molecule has 0 fully saturated rings. The van der Waals surface area contributed by atoms with Crippen LogP contribution < -0.4 is 9.46 Å². The van der Waals surface area contributed by atoms with Gasteiger partial charge in [0.2, 0.25) is 6.29 Å². The summed E-state index contributed by atoms with van der Waals surface area (Å²) in [6, 6.07) is 11.3. The van der Waals surface area contributed by atoms with Crippen LogP contribution in [0.25, 0.3) is 0 Å². The zero-order valence-corrected chi connectivity index (χ0v) is 12.4. The van der Waals surface area contributed by atoms with E-state index in [-0.39, 0.29) is 21.8 Å². The highest BCUT2D eigenvalue weighted by Gasteiger charge is 2.20. The van der Waals surface area contributed by atoms with Crippen LogP contribution in [0.1, 0.15) is 15.9 Å². The molecule has 0 saturated heterocycles. The van der Waals surface area contributed by atoms with Crippen LogP contribution >= 0.6 is 0 Å². The SMILES string of the molecule is COc1ccccc1C(=O)NS(=O)(=O)c1ccc([C]=O)cc1. The Labute approximate surface area is 127 Å². The molecule has 1 N–H and O–H groups in total. The molecule has 2 aromatic carbocycles. The number of amides is 1. The highest BCUT2D eigenvalue weighted by atomic mass is 32.2. The standard InChI is InChI=1S/C15H12NO5S/c1-21-14-5-3-2-4-13(14)15(18)16-22(19,20)12-8-6-11(10-17)7-9-12/h2-9H,1H3,(H,16,18). The van der Waals surface area contributed by atoms with E-state index >= 15 is 0 Å². The monoisotopic (exact) mass is 318 g/mol. The molecular weight excluding hydrogens is 306 g/mol. The van der Waals surface area contributed by atoms with Crippen LogP contribution in [0.15, 0.2) is 53.4 Å². The lowest BCUT2D eigenvalue weighted by Crippen LogP contribution is -2.30. The first kappa shape index (κ1) is 15.7. The van der Waals surface area contributed by atoms with Gasteiger partial charge in [-0.15, -0.1) is 0 Å². The van der Waals surface area contributed by atoms with Crippen molar-refractivity contribution in [2.24, 2.45) is 0 Å². The van der Waals surface area contributed by atoms with Crippen LogP contribution in [0, 0.1) is 0 Å². The van der Waals surface area contributed by atoms with Crippen molar-refractivity contribution in [3.05, 3.63) is 59.7 Å². The van der Waals surface area contributed by atoms with Gasteiger partial charge in [0.25, 0.3) is 15.9 Å². The molecule has 0 spiro atoms. The van der Waals surface area contributed by atoms with Gasteiger partial charge in [-0.25, -0.2) is 13.1 Å². The number of rotatable bonds is 5. The number of hydrogen-bond donors (Lipinski definition) is 1. The van der Waals surface area contributed by atoms with Crippen molar-refractivity contribution in [1.82, 2.24) is 4.72 Å². The maximum absolute atomic E-state index is 12.1. The van der Waals surface area contributed by atoms with Crippen molar-refractivity contribution < 1.29 is 22.7 Å². The predicted octanol–water partition coefficient (Wildman–Crippen LogP) is 1.27. The van der Waals surface area contributed by atoms with Crippen LogP contribution in [0.3, 0.4) is 0 Å². The summed E-state index contributed by atoms with van der Waals surface area (Å²) in [6.45, 7) is 0. The van der Waals surface area contributed by atoms with Crippen LogP contribution in [0.2, 0.25) is 0 Å². The summed E-state index contributed by atoms with van der Waals surface area (Å²) >= 11 is 0. The van der Waals surface area contributed by atoms with Crippen molar-refractivity contribution >= 4 is 22.2 Å². The van der Waals surface area contributed by atoms with Gasteiger partial charge in [0, 0.05) is 5.56 Å². The van der Waals surface area contributed by atoms with Crippen molar-refractivity contribution in [3.63, 3.8) is 0 Å². The molecule has 1 radical (unpaired) electrons. The maximum atomic E-state index is 12.1. The predicted molar refractivity (Wildman–Crippen MR) is 78.9 cm³/mol. The van der Waals surface area contributed by atoms with Crippen LogP contribution in [0.4, 0.5) is 0 Å². The number of methoxy groups -OCH3 is 1. The Bertz CT molecular complexity index is 797. The van der Waals surface area contributed by atoms with E-state index in [1.54, 1.807) is 24.5 Å². The molecule has 0 aliphatic carbocycles. The lowest BCUT2D eigenvalue weighted by Gasteiger charge is -2.09. The van der Waals surface area contributed by atoms with Crippen molar-refractivity contribution in [3.8, 4) is 5.75 Å². The average molecular weight is 318 g/mol. The van der Waals surface area contributed by atoms with Gasteiger partial charge in [-0.05, 0) is 36.4 Å². The highest BCUT2D eigenvalue weighted by molar-refractivity contribution is 7.90. The molecule has 22 heavy (non-hydrogen) atoms. The van der Waals surface area contributed by atoms with Crippen LogP contribution in [0.5, 0.6) is 5.75 Å². The molecule has 0 aromatic heterocycles. The minimum absolute atomic E-state index is 0.103. The Morgan fingerprint density at radius 1 is 1.09 bits per heavy atom. The number of hydrogen-bond acceptors (Lipinski definition) is 5. The molecule has 6 nitrogen and oxygen atoms in total. The molecule has 1 amide bonds. The second-order valence-corrected chi connectivity index (χ2v) is 5.94. The summed E-state index contributed by atoms with van der Waals surface area (Å²) in [6.07, 6.45) is 1.64. The first-order valence-corrected chi connectivity index (χ1v) is 7.64. The number of nitrogens with one attached hydrogen (secondary N) is 1. The summed E-state index contributed by atoms with van der Waals surface area (Å²) in [5, 5.41) is 0. The van der Waals surface area contributed by atoms with Gasteiger partial charge >= 0.3 is 0 Å². The molecule has 0 heterocycles. The van der Waals surface area contributed by atoms with E-state index in [0.717, 1.165) is 0 Å². The molecule has 0 aliphatic rings. The molecular formula is C15H12NO5S. The number of sulfonamides is 1. The molecule has 0 bridgehead atoms. The Kier molecular flexibility index (Phi) is 4.57. The van der Waals surface area contributed by atoms with Crippen LogP contribution in [-0.4, -0.2) is 27.7 Å². The molecule has 0 aliphatic heterocycles. The lowest BCUT2D eigenvalue weighted by molar-refractivity contribution is 0.0978. The zero-order valence-electron chi connectivity index (χ0n) is 11.6. The molecule has 0 unspecified atom stereocenters. The average Bonchev–Trinajstić information content (AvgIpc) is 2.54. The topological polar surface area (TPSA) is 89.5 Å². The van der Waals surface area contributed by atoms with E-state index < -0.39 is 15.9 Å². The second kappa shape index (κ2) is 6.40.